The van der Waals surface area contributed by atoms with Crippen molar-refractivity contribution in [1.29, 1.82) is 0 Å². The molecule has 0 unspecified atom stereocenters. The van der Waals surface area contributed by atoms with E-state index in [9.17, 15) is 4.79 Å². The molecule has 0 saturated heterocycles. The number of hydrogen-bond donors (Lipinski definition) is 0. The third-order valence-corrected chi connectivity index (χ3v) is 3.31. The fourth-order valence-electron chi connectivity index (χ4n) is 1.83. The number of rotatable bonds is 4. The minimum absolute atomic E-state index is 0.00443. The highest BCUT2D eigenvalue weighted by Crippen LogP contribution is 2.18. The molecule has 1 nitrogen and oxygen atoms in total. The van der Waals surface area contributed by atoms with Crippen molar-refractivity contribution in [2.24, 2.45) is 0 Å². The maximum Gasteiger partial charge on any atom is 0.185 e. The fourth-order valence-corrected chi connectivity index (χ4v) is 2.08. The normalized spacial score (nSPS) is 10.8. The zero-order chi connectivity index (χ0) is 13.7. The number of allylic oxidation sites excluding steroid dienone is 1. The second-order valence-electron chi connectivity index (χ2n) is 4.27. The van der Waals surface area contributed by atoms with Crippen molar-refractivity contribution < 1.29 is 4.79 Å². The highest BCUT2D eigenvalue weighted by atomic mass is 35.5. The monoisotopic (exact) mass is 270 g/mol. The SMILES string of the molecule is CCc1cc(C(=O)/C=C/c2ccccc2)ccc1Cl. The van der Waals surface area contributed by atoms with Crippen LogP contribution in [0.3, 0.4) is 0 Å². The summed E-state index contributed by atoms with van der Waals surface area (Å²) in [5.41, 5.74) is 2.69. The largest absolute Gasteiger partial charge is 0.289 e. The van der Waals surface area contributed by atoms with Gasteiger partial charge in [-0.05, 0) is 41.8 Å². The molecule has 0 spiro atoms. The van der Waals surface area contributed by atoms with Crippen molar-refractivity contribution in [2.45, 2.75) is 13.3 Å². The van der Waals surface area contributed by atoms with Gasteiger partial charge in [-0.15, -0.1) is 0 Å². The molecule has 0 heterocycles. The van der Waals surface area contributed by atoms with E-state index in [1.54, 1.807) is 18.2 Å². The van der Waals surface area contributed by atoms with Gasteiger partial charge in [0, 0.05) is 10.6 Å². The molecule has 19 heavy (non-hydrogen) atoms. The van der Waals surface area contributed by atoms with Crippen LogP contribution in [-0.4, -0.2) is 5.78 Å². The number of halogens is 1. The molecule has 0 aromatic heterocycles. The standard InChI is InChI=1S/C17H15ClO/c1-2-14-12-15(9-10-16(14)18)17(19)11-8-13-6-4-3-5-7-13/h3-12H,2H2,1H3/b11-8+. The van der Waals surface area contributed by atoms with Crippen LogP contribution in [0.5, 0.6) is 0 Å². The van der Waals surface area contributed by atoms with E-state index in [0.29, 0.717) is 10.6 Å². The van der Waals surface area contributed by atoms with Crippen LogP contribution in [-0.2, 0) is 6.42 Å². The summed E-state index contributed by atoms with van der Waals surface area (Å²) in [6.07, 6.45) is 4.24. The minimum atomic E-state index is -0.00443. The van der Waals surface area contributed by atoms with Gasteiger partial charge in [-0.2, -0.15) is 0 Å². The number of aryl methyl sites for hydroxylation is 1. The summed E-state index contributed by atoms with van der Waals surface area (Å²) in [6.45, 7) is 2.02. The summed E-state index contributed by atoms with van der Waals surface area (Å²) in [7, 11) is 0. The van der Waals surface area contributed by atoms with Gasteiger partial charge >= 0.3 is 0 Å². The highest BCUT2D eigenvalue weighted by Gasteiger charge is 2.05. The van der Waals surface area contributed by atoms with Crippen LogP contribution < -0.4 is 0 Å². The molecule has 0 amide bonds. The molecular weight excluding hydrogens is 256 g/mol. The highest BCUT2D eigenvalue weighted by molar-refractivity contribution is 6.31. The Balaban J connectivity index is 2.18. The second kappa shape index (κ2) is 6.35. The minimum Gasteiger partial charge on any atom is -0.289 e. The molecule has 0 aliphatic carbocycles. The van der Waals surface area contributed by atoms with Crippen molar-refractivity contribution >= 4 is 23.5 Å². The molecule has 2 aromatic carbocycles. The Morgan fingerprint density at radius 1 is 1.16 bits per heavy atom. The van der Waals surface area contributed by atoms with Gasteiger partial charge in [-0.1, -0.05) is 54.9 Å². The van der Waals surface area contributed by atoms with Gasteiger partial charge < -0.3 is 0 Å². The maximum absolute atomic E-state index is 12.1. The zero-order valence-corrected chi connectivity index (χ0v) is 11.5. The van der Waals surface area contributed by atoms with E-state index in [1.165, 1.54) is 0 Å². The van der Waals surface area contributed by atoms with E-state index in [1.807, 2.05) is 49.4 Å². The molecule has 0 radical (unpaired) electrons. The molecule has 2 aromatic rings. The van der Waals surface area contributed by atoms with Crippen LogP contribution in [0.2, 0.25) is 5.02 Å². The molecule has 96 valence electrons. The van der Waals surface area contributed by atoms with Gasteiger partial charge in [0.05, 0.1) is 0 Å². The Morgan fingerprint density at radius 2 is 1.89 bits per heavy atom. The summed E-state index contributed by atoms with van der Waals surface area (Å²) in [4.78, 5) is 12.1. The molecule has 0 aliphatic heterocycles. The maximum atomic E-state index is 12.1. The predicted molar refractivity (Wildman–Crippen MR) is 80.6 cm³/mol. The van der Waals surface area contributed by atoms with Crippen LogP contribution in [0.15, 0.2) is 54.6 Å². The van der Waals surface area contributed by atoms with Crippen LogP contribution in [0.1, 0.15) is 28.4 Å². The van der Waals surface area contributed by atoms with Gasteiger partial charge in [0.25, 0.3) is 0 Å². The molecule has 0 aliphatic rings. The van der Waals surface area contributed by atoms with E-state index in [4.69, 9.17) is 11.6 Å². The van der Waals surface area contributed by atoms with Crippen LogP contribution in [0.25, 0.3) is 6.08 Å². The van der Waals surface area contributed by atoms with E-state index in [-0.39, 0.29) is 5.78 Å². The molecule has 0 saturated carbocycles. The van der Waals surface area contributed by atoms with Gasteiger partial charge in [0.2, 0.25) is 0 Å². The number of hydrogen-bond acceptors (Lipinski definition) is 1. The smallest absolute Gasteiger partial charge is 0.185 e. The lowest BCUT2D eigenvalue weighted by Crippen LogP contribution is -1.96. The Morgan fingerprint density at radius 3 is 2.58 bits per heavy atom. The number of carbonyl (C=O) groups excluding carboxylic acids is 1. The number of benzene rings is 2. The average molecular weight is 271 g/mol. The van der Waals surface area contributed by atoms with Gasteiger partial charge in [0.1, 0.15) is 0 Å². The van der Waals surface area contributed by atoms with Crippen molar-refractivity contribution in [3.8, 4) is 0 Å². The van der Waals surface area contributed by atoms with Crippen molar-refractivity contribution in [3.63, 3.8) is 0 Å². The lowest BCUT2D eigenvalue weighted by molar-refractivity contribution is 0.104. The molecule has 0 N–H and O–H groups in total. The van der Waals surface area contributed by atoms with Crippen molar-refractivity contribution in [2.75, 3.05) is 0 Å². The van der Waals surface area contributed by atoms with Crippen molar-refractivity contribution in [1.82, 2.24) is 0 Å². The summed E-state index contributed by atoms with van der Waals surface area (Å²) in [5.74, 6) is -0.00443. The lowest BCUT2D eigenvalue weighted by Gasteiger charge is -2.03. The van der Waals surface area contributed by atoms with E-state index < -0.39 is 0 Å². The Kier molecular flexibility index (Phi) is 4.53. The van der Waals surface area contributed by atoms with E-state index in [2.05, 4.69) is 0 Å². The molecule has 0 fully saturated rings. The Labute approximate surface area is 118 Å². The summed E-state index contributed by atoms with van der Waals surface area (Å²) in [6, 6.07) is 15.2. The van der Waals surface area contributed by atoms with E-state index >= 15 is 0 Å². The first-order valence-electron chi connectivity index (χ1n) is 6.26. The van der Waals surface area contributed by atoms with Gasteiger partial charge in [0.15, 0.2) is 5.78 Å². The second-order valence-corrected chi connectivity index (χ2v) is 4.68. The van der Waals surface area contributed by atoms with E-state index in [0.717, 1.165) is 17.5 Å². The third-order valence-electron chi connectivity index (χ3n) is 2.94. The number of ketones is 1. The first-order chi connectivity index (χ1) is 9.20. The third kappa shape index (κ3) is 3.55. The first kappa shape index (κ1) is 13.6. The van der Waals surface area contributed by atoms with Gasteiger partial charge in [-0.3, -0.25) is 4.79 Å². The average Bonchev–Trinajstić information content (AvgIpc) is 2.46. The zero-order valence-electron chi connectivity index (χ0n) is 10.8. The van der Waals surface area contributed by atoms with Crippen LogP contribution in [0, 0.1) is 0 Å². The Hall–Kier alpha value is -1.86. The Bertz CT molecular complexity index is 600. The quantitative estimate of drug-likeness (QED) is 0.576. The number of carbonyl (C=O) groups is 1. The van der Waals surface area contributed by atoms with Crippen LogP contribution in [0.4, 0.5) is 0 Å². The topological polar surface area (TPSA) is 17.1 Å². The lowest BCUT2D eigenvalue weighted by atomic mass is 10.0. The summed E-state index contributed by atoms with van der Waals surface area (Å²) < 4.78 is 0. The van der Waals surface area contributed by atoms with Crippen LogP contribution >= 0.6 is 11.6 Å². The molecule has 0 bridgehead atoms. The predicted octanol–water partition coefficient (Wildman–Crippen LogP) is 4.80. The van der Waals surface area contributed by atoms with Crippen molar-refractivity contribution in [3.05, 3.63) is 76.3 Å². The fraction of sp³-hybridized carbons (Fsp3) is 0.118. The molecular formula is C17H15ClO. The van der Waals surface area contributed by atoms with Gasteiger partial charge in [-0.25, -0.2) is 0 Å². The molecule has 0 atom stereocenters. The summed E-state index contributed by atoms with van der Waals surface area (Å²) >= 11 is 6.04. The summed E-state index contributed by atoms with van der Waals surface area (Å²) in [5, 5.41) is 0.714. The molecule has 2 rings (SSSR count). The molecule has 2 heteroatoms. The first-order valence-corrected chi connectivity index (χ1v) is 6.64.